The molecule has 2 aromatic carbocycles. The molecule has 0 unspecified atom stereocenters. The van der Waals surface area contributed by atoms with E-state index in [-0.39, 0.29) is 18.4 Å². The van der Waals surface area contributed by atoms with E-state index in [1.54, 1.807) is 38.3 Å². The van der Waals surface area contributed by atoms with Crippen molar-refractivity contribution in [2.45, 2.75) is 33.1 Å². The number of ether oxygens (including phenoxy) is 2. The first-order chi connectivity index (χ1) is 16.4. The highest BCUT2D eigenvalue weighted by atomic mass is 32.2. The van der Waals surface area contributed by atoms with E-state index in [0.29, 0.717) is 56.9 Å². The molecule has 9 heteroatoms. The van der Waals surface area contributed by atoms with Gasteiger partial charge in [-0.25, -0.2) is 0 Å². The number of carbonyl (C=O) groups excluding carboxylic acids is 1. The predicted molar refractivity (Wildman–Crippen MR) is 134 cm³/mol. The molecule has 0 bridgehead atoms. The lowest BCUT2D eigenvalue weighted by molar-refractivity contribution is -0.126. The summed E-state index contributed by atoms with van der Waals surface area (Å²) in [6.07, 6.45) is 1.96. The number of rotatable bonds is 11. The van der Waals surface area contributed by atoms with Crippen molar-refractivity contribution in [3.05, 3.63) is 54.1 Å². The summed E-state index contributed by atoms with van der Waals surface area (Å²) in [4.78, 5) is 12.8. The van der Waals surface area contributed by atoms with Crippen LogP contribution in [0.2, 0.25) is 0 Å². The molecule has 1 aliphatic rings. The molecule has 0 aromatic heterocycles. The molecule has 0 radical (unpaired) electrons. The molecule has 1 fully saturated rings. The average molecular weight is 490 g/mol. The van der Waals surface area contributed by atoms with E-state index in [1.807, 2.05) is 31.2 Å². The van der Waals surface area contributed by atoms with Crippen molar-refractivity contribution in [2.75, 3.05) is 44.2 Å². The lowest BCUT2D eigenvalue weighted by Gasteiger charge is -2.35. The molecular weight excluding hydrogens is 454 g/mol. The minimum absolute atomic E-state index is 0.112. The first kappa shape index (κ1) is 25.8. The number of piperidine rings is 1. The Hall–Kier alpha value is -2.78. The number of nitrogens with zero attached hydrogens (tertiary/aromatic N) is 2. The van der Waals surface area contributed by atoms with Gasteiger partial charge in [0.1, 0.15) is 11.5 Å². The molecule has 1 aliphatic heterocycles. The van der Waals surface area contributed by atoms with Crippen LogP contribution in [0.5, 0.6) is 11.5 Å². The summed E-state index contributed by atoms with van der Waals surface area (Å²) in [5, 5.41) is 2.97. The van der Waals surface area contributed by atoms with E-state index in [2.05, 4.69) is 5.32 Å². The highest BCUT2D eigenvalue weighted by Crippen LogP contribution is 2.27. The Morgan fingerprint density at radius 3 is 2.56 bits per heavy atom. The van der Waals surface area contributed by atoms with Crippen LogP contribution >= 0.6 is 0 Å². The lowest BCUT2D eigenvalue weighted by atomic mass is 9.98. The van der Waals surface area contributed by atoms with Crippen LogP contribution in [0.15, 0.2) is 48.5 Å². The monoisotopic (exact) mass is 489 g/mol. The molecule has 1 atom stereocenters. The zero-order chi connectivity index (χ0) is 24.6. The molecule has 1 amide bonds. The molecule has 1 N–H and O–H groups in total. The number of hydrogen-bond donors (Lipinski definition) is 1. The third kappa shape index (κ3) is 6.21. The van der Waals surface area contributed by atoms with E-state index in [0.717, 1.165) is 11.3 Å². The Balaban J connectivity index is 1.62. The van der Waals surface area contributed by atoms with E-state index in [1.165, 1.54) is 8.61 Å². The summed E-state index contributed by atoms with van der Waals surface area (Å²) in [6, 6.07) is 14.7. The Bertz CT molecular complexity index is 1040. The second-order valence-corrected chi connectivity index (χ2v) is 10.0. The Morgan fingerprint density at radius 2 is 1.88 bits per heavy atom. The van der Waals surface area contributed by atoms with Crippen molar-refractivity contribution in [1.82, 2.24) is 9.62 Å². The van der Waals surface area contributed by atoms with Crippen LogP contribution in [0.4, 0.5) is 5.69 Å². The summed E-state index contributed by atoms with van der Waals surface area (Å²) in [6.45, 7) is 5.60. The SMILES string of the molecule is CCOc1ccc(N(CC)S(=O)(=O)N2CCC[C@H](C(=O)NCCc3ccccc3OC)C2)cc1. The number of anilines is 1. The summed E-state index contributed by atoms with van der Waals surface area (Å²) in [5.74, 6) is 1.00. The van der Waals surface area contributed by atoms with Gasteiger partial charge in [0.05, 0.1) is 25.3 Å². The maximum absolute atomic E-state index is 13.4. The number of amides is 1. The van der Waals surface area contributed by atoms with Crippen LogP contribution in [0.1, 0.15) is 32.3 Å². The smallest absolute Gasteiger partial charge is 0.304 e. The molecule has 0 aliphatic carbocycles. The summed E-state index contributed by atoms with van der Waals surface area (Å²) in [5.41, 5.74) is 1.60. The quantitative estimate of drug-likeness (QED) is 0.524. The molecule has 3 rings (SSSR count). The largest absolute Gasteiger partial charge is 0.496 e. The Labute approximate surface area is 203 Å². The van der Waals surface area contributed by atoms with Crippen molar-refractivity contribution >= 4 is 21.8 Å². The second-order valence-electron chi connectivity index (χ2n) is 8.15. The highest BCUT2D eigenvalue weighted by molar-refractivity contribution is 7.90. The lowest BCUT2D eigenvalue weighted by Crippen LogP contribution is -2.50. The van der Waals surface area contributed by atoms with Gasteiger partial charge in [-0.2, -0.15) is 12.7 Å². The molecule has 1 saturated heterocycles. The minimum Gasteiger partial charge on any atom is -0.496 e. The van der Waals surface area contributed by atoms with Crippen molar-refractivity contribution in [3.8, 4) is 11.5 Å². The molecule has 2 aromatic rings. The number of carbonyl (C=O) groups is 1. The maximum Gasteiger partial charge on any atom is 0.304 e. The van der Waals surface area contributed by atoms with Crippen LogP contribution in [0.25, 0.3) is 0 Å². The van der Waals surface area contributed by atoms with Crippen LogP contribution < -0.4 is 19.1 Å². The van der Waals surface area contributed by atoms with E-state index in [4.69, 9.17) is 9.47 Å². The van der Waals surface area contributed by atoms with Gasteiger partial charge in [-0.05, 0) is 69.0 Å². The van der Waals surface area contributed by atoms with Gasteiger partial charge in [-0.3, -0.25) is 9.10 Å². The predicted octanol–water partition coefficient (Wildman–Crippen LogP) is 3.24. The number of benzene rings is 2. The van der Waals surface area contributed by atoms with Crippen LogP contribution in [0.3, 0.4) is 0 Å². The van der Waals surface area contributed by atoms with Gasteiger partial charge in [0, 0.05) is 26.2 Å². The first-order valence-corrected chi connectivity index (χ1v) is 13.2. The summed E-state index contributed by atoms with van der Waals surface area (Å²) < 4.78 is 40.5. The number of methoxy groups -OCH3 is 1. The maximum atomic E-state index is 13.4. The number of nitrogens with one attached hydrogen (secondary N) is 1. The van der Waals surface area contributed by atoms with Crippen molar-refractivity contribution in [3.63, 3.8) is 0 Å². The minimum atomic E-state index is -3.76. The zero-order valence-corrected chi connectivity index (χ0v) is 21.0. The molecule has 0 spiro atoms. The third-order valence-electron chi connectivity index (χ3n) is 5.97. The molecule has 8 nitrogen and oxygen atoms in total. The van der Waals surface area contributed by atoms with Crippen LogP contribution in [-0.4, -0.2) is 58.5 Å². The second kappa shape index (κ2) is 12.1. The Morgan fingerprint density at radius 1 is 1.15 bits per heavy atom. The molecule has 0 saturated carbocycles. The first-order valence-electron chi connectivity index (χ1n) is 11.8. The average Bonchev–Trinajstić information content (AvgIpc) is 2.86. The fourth-order valence-electron chi connectivity index (χ4n) is 4.23. The topological polar surface area (TPSA) is 88.2 Å². The molecular formula is C25H35N3O5S. The van der Waals surface area contributed by atoms with Gasteiger partial charge < -0.3 is 14.8 Å². The molecule has 186 valence electrons. The number of hydrogen-bond acceptors (Lipinski definition) is 5. The van der Waals surface area contributed by atoms with E-state index >= 15 is 0 Å². The summed E-state index contributed by atoms with van der Waals surface area (Å²) in [7, 11) is -2.14. The normalized spacial score (nSPS) is 16.6. The molecule has 1 heterocycles. The molecule has 34 heavy (non-hydrogen) atoms. The van der Waals surface area contributed by atoms with Crippen molar-refractivity contribution in [1.29, 1.82) is 0 Å². The van der Waals surface area contributed by atoms with Crippen molar-refractivity contribution in [2.24, 2.45) is 5.92 Å². The van der Waals surface area contributed by atoms with Gasteiger partial charge in [0.15, 0.2) is 0 Å². The van der Waals surface area contributed by atoms with Gasteiger partial charge in [0.25, 0.3) is 0 Å². The van der Waals surface area contributed by atoms with E-state index < -0.39 is 10.2 Å². The van der Waals surface area contributed by atoms with Crippen LogP contribution in [-0.2, 0) is 21.4 Å². The van der Waals surface area contributed by atoms with Gasteiger partial charge in [0.2, 0.25) is 5.91 Å². The fourth-order valence-corrected chi connectivity index (χ4v) is 5.96. The van der Waals surface area contributed by atoms with Gasteiger partial charge in [-0.1, -0.05) is 18.2 Å². The van der Waals surface area contributed by atoms with Crippen molar-refractivity contribution < 1.29 is 22.7 Å². The Kier molecular flexibility index (Phi) is 9.18. The summed E-state index contributed by atoms with van der Waals surface area (Å²) >= 11 is 0. The van der Waals surface area contributed by atoms with Gasteiger partial charge in [-0.15, -0.1) is 0 Å². The van der Waals surface area contributed by atoms with Gasteiger partial charge >= 0.3 is 10.2 Å². The van der Waals surface area contributed by atoms with E-state index in [9.17, 15) is 13.2 Å². The van der Waals surface area contributed by atoms with Crippen LogP contribution in [0, 0.1) is 5.92 Å². The highest BCUT2D eigenvalue weighted by Gasteiger charge is 2.35. The number of para-hydroxylation sites is 1. The third-order valence-corrected chi connectivity index (χ3v) is 7.98. The standard InChI is InChI=1S/C25H35N3O5S/c1-4-28(22-12-14-23(15-13-22)33-5-2)34(30,31)27-18-8-10-21(19-27)25(29)26-17-16-20-9-6-7-11-24(20)32-3/h6-7,9,11-15,21H,4-5,8,10,16-19H2,1-3H3,(H,26,29)/t21-/m0/s1. The zero-order valence-electron chi connectivity index (χ0n) is 20.2. The fraction of sp³-hybridized carbons (Fsp3) is 0.480.